The van der Waals surface area contributed by atoms with E-state index in [1.54, 1.807) is 0 Å². The molecule has 7 heteroatoms. The lowest BCUT2D eigenvalue weighted by molar-refractivity contribution is -0.136. The monoisotopic (exact) mass is 302 g/mol. The summed E-state index contributed by atoms with van der Waals surface area (Å²) in [6, 6.07) is 1.25. The van der Waals surface area contributed by atoms with E-state index in [4.69, 9.17) is 5.11 Å². The summed E-state index contributed by atoms with van der Waals surface area (Å²) in [6.45, 7) is 1.86. The third kappa shape index (κ3) is 1.88. The van der Waals surface area contributed by atoms with Crippen LogP contribution in [-0.4, -0.2) is 20.5 Å². The molecule has 2 aromatic heterocycles. The van der Waals surface area contributed by atoms with Crippen molar-refractivity contribution < 1.29 is 9.90 Å². The zero-order valence-electron chi connectivity index (χ0n) is 8.23. The highest BCUT2D eigenvalue weighted by molar-refractivity contribution is 9.10. The largest absolute Gasteiger partial charge is 0.481 e. The predicted molar refractivity (Wildman–Crippen MR) is 63.1 cm³/mol. The summed E-state index contributed by atoms with van der Waals surface area (Å²) in [6.07, 6.45) is -0.236. The topological polar surface area (TPSA) is 71.7 Å². The van der Waals surface area contributed by atoms with E-state index in [9.17, 15) is 9.59 Å². The van der Waals surface area contributed by atoms with Gasteiger partial charge in [0.25, 0.3) is 5.56 Å². The normalized spacial score (nSPS) is 10.9. The van der Waals surface area contributed by atoms with E-state index in [1.807, 2.05) is 6.92 Å². The number of fused-ring (bicyclic) bond motifs is 1. The van der Waals surface area contributed by atoms with Crippen molar-refractivity contribution in [1.82, 2.24) is 9.38 Å². The lowest BCUT2D eigenvalue weighted by Gasteiger charge is -1.97. The molecule has 2 rings (SSSR count). The molecule has 0 spiro atoms. The highest BCUT2D eigenvalue weighted by Crippen LogP contribution is 2.24. The second kappa shape index (κ2) is 3.99. The number of aromatic nitrogens is 2. The Morgan fingerprint density at radius 2 is 2.38 bits per heavy atom. The average Bonchev–Trinajstić information content (AvgIpc) is 2.41. The van der Waals surface area contributed by atoms with Gasteiger partial charge in [-0.25, -0.2) is 9.38 Å². The Balaban J connectivity index is 2.69. The van der Waals surface area contributed by atoms with Gasteiger partial charge in [0.2, 0.25) is 0 Å². The summed E-state index contributed by atoms with van der Waals surface area (Å²) in [5.74, 6) is -0.997. The van der Waals surface area contributed by atoms with Crippen LogP contribution in [0.3, 0.4) is 0 Å². The van der Waals surface area contributed by atoms with E-state index < -0.39 is 5.97 Å². The standard InChI is InChI=1S/C9H7BrN2O3S/c1-4-8(10)12-6(13)2-5(3-7(14)15)11-9(12)16-4/h2H,3H2,1H3,(H,14,15). The van der Waals surface area contributed by atoms with E-state index in [0.29, 0.717) is 9.56 Å². The fraction of sp³-hybridized carbons (Fsp3) is 0.222. The Morgan fingerprint density at radius 3 is 3.00 bits per heavy atom. The van der Waals surface area contributed by atoms with Crippen LogP contribution in [-0.2, 0) is 11.2 Å². The number of carboxylic acid groups (broad SMARTS) is 1. The molecule has 0 radical (unpaired) electrons. The van der Waals surface area contributed by atoms with Gasteiger partial charge in [0.1, 0.15) is 4.60 Å². The number of thiazole rings is 1. The summed E-state index contributed by atoms with van der Waals surface area (Å²) in [5, 5.41) is 8.63. The Morgan fingerprint density at radius 1 is 1.69 bits per heavy atom. The minimum atomic E-state index is -0.997. The van der Waals surface area contributed by atoms with Gasteiger partial charge >= 0.3 is 5.97 Å². The highest BCUT2D eigenvalue weighted by Gasteiger charge is 2.12. The first-order valence-electron chi connectivity index (χ1n) is 4.38. The molecule has 0 aliphatic carbocycles. The molecule has 84 valence electrons. The summed E-state index contributed by atoms with van der Waals surface area (Å²) >= 11 is 4.64. The van der Waals surface area contributed by atoms with Crippen molar-refractivity contribution in [3.05, 3.63) is 31.6 Å². The first-order valence-corrected chi connectivity index (χ1v) is 5.99. The van der Waals surface area contributed by atoms with Crippen molar-refractivity contribution in [2.24, 2.45) is 0 Å². The fourth-order valence-electron chi connectivity index (χ4n) is 1.34. The van der Waals surface area contributed by atoms with Gasteiger partial charge in [0, 0.05) is 10.9 Å². The molecule has 0 bridgehead atoms. The zero-order valence-corrected chi connectivity index (χ0v) is 10.6. The molecule has 16 heavy (non-hydrogen) atoms. The maximum absolute atomic E-state index is 11.7. The smallest absolute Gasteiger partial charge is 0.309 e. The summed E-state index contributed by atoms with van der Waals surface area (Å²) in [5.41, 5.74) is 0.0173. The van der Waals surface area contributed by atoms with Crippen LogP contribution in [0.1, 0.15) is 10.6 Å². The van der Waals surface area contributed by atoms with Crippen LogP contribution in [0.25, 0.3) is 4.96 Å². The van der Waals surface area contributed by atoms with Gasteiger partial charge in [-0.3, -0.25) is 9.59 Å². The number of nitrogens with zero attached hydrogens (tertiary/aromatic N) is 2. The number of halogens is 1. The lowest BCUT2D eigenvalue weighted by atomic mass is 10.3. The second-order valence-corrected chi connectivity index (χ2v) is 5.16. The van der Waals surface area contributed by atoms with Crippen molar-refractivity contribution in [1.29, 1.82) is 0 Å². The number of carboxylic acids is 1. The number of carbonyl (C=O) groups is 1. The molecular weight excluding hydrogens is 296 g/mol. The van der Waals surface area contributed by atoms with Crippen LogP contribution in [0.2, 0.25) is 0 Å². The second-order valence-electron chi connectivity index (χ2n) is 3.22. The fourth-order valence-corrected chi connectivity index (χ4v) is 2.93. The molecule has 0 atom stereocenters. The molecule has 0 aromatic carbocycles. The van der Waals surface area contributed by atoms with Crippen molar-refractivity contribution in [3.63, 3.8) is 0 Å². The Labute approximate surface area is 102 Å². The van der Waals surface area contributed by atoms with E-state index in [2.05, 4.69) is 20.9 Å². The van der Waals surface area contributed by atoms with Crippen LogP contribution < -0.4 is 5.56 Å². The molecule has 1 N–H and O–H groups in total. The molecule has 0 amide bonds. The van der Waals surface area contributed by atoms with Gasteiger partial charge in [-0.2, -0.15) is 0 Å². The third-order valence-electron chi connectivity index (χ3n) is 2.00. The first kappa shape index (κ1) is 11.3. The molecule has 0 saturated heterocycles. The number of rotatable bonds is 2. The highest BCUT2D eigenvalue weighted by atomic mass is 79.9. The minimum absolute atomic E-state index is 0.236. The predicted octanol–water partition coefficient (Wildman–Crippen LogP) is 1.45. The number of aliphatic carboxylic acids is 1. The molecule has 0 aliphatic heterocycles. The van der Waals surface area contributed by atoms with E-state index >= 15 is 0 Å². The Hall–Kier alpha value is -1.21. The van der Waals surface area contributed by atoms with Gasteiger partial charge < -0.3 is 5.11 Å². The van der Waals surface area contributed by atoms with E-state index in [0.717, 1.165) is 4.88 Å². The first-order chi connectivity index (χ1) is 7.49. The number of hydrogen-bond donors (Lipinski definition) is 1. The molecule has 0 fully saturated rings. The summed E-state index contributed by atoms with van der Waals surface area (Å²) < 4.78 is 2.10. The quantitative estimate of drug-likeness (QED) is 0.911. The van der Waals surface area contributed by atoms with Gasteiger partial charge in [0.05, 0.1) is 12.1 Å². The van der Waals surface area contributed by atoms with Gasteiger partial charge in [-0.15, -0.1) is 11.3 Å². The third-order valence-corrected chi connectivity index (χ3v) is 4.17. The Bertz CT molecular complexity index is 631. The van der Waals surface area contributed by atoms with E-state index in [-0.39, 0.29) is 17.7 Å². The number of hydrogen-bond acceptors (Lipinski definition) is 4. The van der Waals surface area contributed by atoms with Gasteiger partial charge in [-0.1, -0.05) is 0 Å². The molecule has 0 unspecified atom stereocenters. The van der Waals surface area contributed by atoms with Crippen molar-refractivity contribution in [2.45, 2.75) is 13.3 Å². The van der Waals surface area contributed by atoms with Gasteiger partial charge in [-0.05, 0) is 22.9 Å². The maximum atomic E-state index is 11.7. The SMILES string of the molecule is Cc1sc2nc(CC(=O)O)cc(=O)n2c1Br. The molecule has 2 heterocycles. The van der Waals surface area contributed by atoms with Crippen LogP contribution in [0.5, 0.6) is 0 Å². The van der Waals surface area contributed by atoms with Crippen molar-refractivity contribution >= 4 is 38.2 Å². The molecule has 0 aliphatic rings. The van der Waals surface area contributed by atoms with E-state index in [1.165, 1.54) is 21.8 Å². The average molecular weight is 303 g/mol. The molecular formula is C9H7BrN2O3S. The minimum Gasteiger partial charge on any atom is -0.481 e. The molecule has 0 saturated carbocycles. The summed E-state index contributed by atoms with van der Waals surface area (Å²) in [7, 11) is 0. The number of aryl methyl sites for hydroxylation is 1. The van der Waals surface area contributed by atoms with Crippen molar-refractivity contribution in [3.8, 4) is 0 Å². The van der Waals surface area contributed by atoms with Crippen LogP contribution in [0, 0.1) is 6.92 Å². The zero-order chi connectivity index (χ0) is 11.9. The molecule has 5 nitrogen and oxygen atoms in total. The van der Waals surface area contributed by atoms with Crippen LogP contribution in [0.15, 0.2) is 15.5 Å². The lowest BCUT2D eigenvalue weighted by Crippen LogP contribution is -2.15. The Kier molecular flexibility index (Phi) is 2.81. The van der Waals surface area contributed by atoms with Crippen LogP contribution in [0.4, 0.5) is 0 Å². The summed E-state index contributed by atoms with van der Waals surface area (Å²) in [4.78, 5) is 27.8. The molecule has 2 aromatic rings. The van der Waals surface area contributed by atoms with Gasteiger partial charge in [0.15, 0.2) is 4.96 Å². The van der Waals surface area contributed by atoms with Crippen LogP contribution >= 0.6 is 27.3 Å². The maximum Gasteiger partial charge on any atom is 0.309 e. The van der Waals surface area contributed by atoms with Crippen molar-refractivity contribution in [2.75, 3.05) is 0 Å².